The van der Waals surface area contributed by atoms with E-state index in [2.05, 4.69) is 15.6 Å². The molecule has 2 heterocycles. The molecule has 0 fully saturated rings. The van der Waals surface area contributed by atoms with Crippen molar-refractivity contribution >= 4 is 5.91 Å². The van der Waals surface area contributed by atoms with E-state index < -0.39 is 11.3 Å². The number of rotatable bonds is 6. The topological polar surface area (TPSA) is 99.5 Å². The Bertz CT molecular complexity index is 911. The van der Waals surface area contributed by atoms with Crippen LogP contribution in [0.2, 0.25) is 0 Å². The van der Waals surface area contributed by atoms with E-state index >= 15 is 0 Å². The fourth-order valence-electron chi connectivity index (χ4n) is 3.18. The molecule has 0 bridgehead atoms. The second kappa shape index (κ2) is 8.49. The van der Waals surface area contributed by atoms with Gasteiger partial charge in [-0.3, -0.25) is 14.2 Å². The van der Waals surface area contributed by atoms with E-state index in [0.29, 0.717) is 25.5 Å². The Morgan fingerprint density at radius 2 is 2.11 bits per heavy atom. The summed E-state index contributed by atoms with van der Waals surface area (Å²) in [5, 5.41) is 16.2. The Morgan fingerprint density at radius 1 is 1.39 bits per heavy atom. The van der Waals surface area contributed by atoms with Gasteiger partial charge in [0.25, 0.3) is 5.56 Å². The van der Waals surface area contributed by atoms with Crippen molar-refractivity contribution < 1.29 is 14.3 Å². The van der Waals surface area contributed by atoms with Gasteiger partial charge in [0.15, 0.2) is 0 Å². The monoisotopic (exact) mass is 389 g/mol. The summed E-state index contributed by atoms with van der Waals surface area (Å²) in [5.74, 6) is -0.709. The van der Waals surface area contributed by atoms with Crippen LogP contribution in [-0.2, 0) is 24.3 Å². The lowest BCUT2D eigenvalue weighted by Gasteiger charge is -2.29. The van der Waals surface area contributed by atoms with Gasteiger partial charge in [-0.25, -0.2) is 9.37 Å². The molecule has 0 aliphatic carbocycles. The minimum atomic E-state index is -0.531. The van der Waals surface area contributed by atoms with Gasteiger partial charge >= 0.3 is 0 Å². The SMILES string of the molecule is CN(C)CC1NCCn2c1nc(CC(=O)NCc1ccc(F)cc1)c(O)c2=O. The van der Waals surface area contributed by atoms with Crippen LogP contribution in [0.4, 0.5) is 4.39 Å². The normalized spacial score (nSPS) is 16.1. The number of aromatic hydroxyl groups is 1. The third kappa shape index (κ3) is 4.55. The van der Waals surface area contributed by atoms with Crippen LogP contribution in [-0.4, -0.2) is 52.6 Å². The average molecular weight is 389 g/mol. The quantitative estimate of drug-likeness (QED) is 0.651. The summed E-state index contributed by atoms with van der Waals surface area (Å²) in [6, 6.07) is 5.62. The van der Waals surface area contributed by atoms with E-state index in [1.807, 2.05) is 19.0 Å². The molecular weight excluding hydrogens is 365 g/mol. The molecule has 1 atom stereocenters. The number of fused-ring (bicyclic) bond motifs is 1. The number of nitrogens with one attached hydrogen (secondary N) is 2. The highest BCUT2D eigenvalue weighted by molar-refractivity contribution is 5.78. The maximum absolute atomic E-state index is 12.9. The number of aromatic nitrogens is 2. The molecule has 1 aromatic heterocycles. The van der Waals surface area contributed by atoms with E-state index in [4.69, 9.17) is 0 Å². The molecule has 1 aromatic carbocycles. The molecule has 0 saturated heterocycles. The second-order valence-corrected chi connectivity index (χ2v) is 7.07. The predicted octanol–water partition coefficient (Wildman–Crippen LogP) is 0.153. The number of carbonyl (C=O) groups excluding carboxylic acids is 1. The van der Waals surface area contributed by atoms with Gasteiger partial charge in [-0.1, -0.05) is 12.1 Å². The fraction of sp³-hybridized carbons (Fsp3) is 0.421. The third-order valence-corrected chi connectivity index (χ3v) is 4.56. The molecule has 2 aromatic rings. The van der Waals surface area contributed by atoms with Gasteiger partial charge in [0, 0.05) is 26.2 Å². The summed E-state index contributed by atoms with van der Waals surface area (Å²) in [5.41, 5.74) is 0.268. The summed E-state index contributed by atoms with van der Waals surface area (Å²) >= 11 is 0. The van der Waals surface area contributed by atoms with E-state index in [0.717, 1.165) is 5.56 Å². The second-order valence-electron chi connectivity index (χ2n) is 7.07. The minimum Gasteiger partial charge on any atom is -0.502 e. The predicted molar refractivity (Wildman–Crippen MR) is 101 cm³/mol. The first-order valence-corrected chi connectivity index (χ1v) is 9.07. The Balaban J connectivity index is 1.76. The molecule has 9 heteroatoms. The highest BCUT2D eigenvalue weighted by Crippen LogP contribution is 2.19. The molecule has 1 aliphatic rings. The van der Waals surface area contributed by atoms with Gasteiger partial charge < -0.3 is 20.6 Å². The molecule has 150 valence electrons. The van der Waals surface area contributed by atoms with Crippen molar-refractivity contribution in [2.45, 2.75) is 25.6 Å². The maximum atomic E-state index is 12.9. The smallest absolute Gasteiger partial charge is 0.296 e. The number of amides is 1. The highest BCUT2D eigenvalue weighted by atomic mass is 19.1. The number of hydrogen-bond acceptors (Lipinski definition) is 6. The van der Waals surface area contributed by atoms with Gasteiger partial charge in [0.1, 0.15) is 11.6 Å². The molecule has 1 amide bonds. The number of halogens is 1. The molecule has 0 radical (unpaired) electrons. The molecule has 8 nitrogen and oxygen atoms in total. The van der Waals surface area contributed by atoms with Gasteiger partial charge in [-0.15, -0.1) is 0 Å². The highest BCUT2D eigenvalue weighted by Gasteiger charge is 2.26. The van der Waals surface area contributed by atoms with E-state index in [9.17, 15) is 19.1 Å². The number of nitrogens with zero attached hydrogens (tertiary/aromatic N) is 3. The third-order valence-electron chi connectivity index (χ3n) is 4.56. The van der Waals surface area contributed by atoms with Crippen LogP contribution in [0.15, 0.2) is 29.1 Å². The number of benzene rings is 1. The zero-order valence-corrected chi connectivity index (χ0v) is 15.9. The Labute approximate surface area is 162 Å². The lowest BCUT2D eigenvalue weighted by Crippen LogP contribution is -2.44. The van der Waals surface area contributed by atoms with Gasteiger partial charge in [-0.2, -0.15) is 0 Å². The van der Waals surface area contributed by atoms with Crippen molar-refractivity contribution in [1.29, 1.82) is 0 Å². The Hall–Kier alpha value is -2.78. The molecule has 0 saturated carbocycles. The maximum Gasteiger partial charge on any atom is 0.296 e. The number of likely N-dealkylation sites (N-methyl/N-ethyl adjacent to an activating group) is 1. The number of carbonyl (C=O) groups is 1. The Kier molecular flexibility index (Phi) is 6.05. The van der Waals surface area contributed by atoms with E-state index in [1.165, 1.54) is 16.7 Å². The molecule has 3 N–H and O–H groups in total. The van der Waals surface area contributed by atoms with Crippen molar-refractivity contribution in [3.63, 3.8) is 0 Å². The van der Waals surface area contributed by atoms with Crippen LogP contribution in [0, 0.1) is 5.82 Å². The summed E-state index contributed by atoms with van der Waals surface area (Å²) in [4.78, 5) is 31.2. The van der Waals surface area contributed by atoms with Crippen LogP contribution < -0.4 is 16.2 Å². The van der Waals surface area contributed by atoms with Gasteiger partial charge in [-0.05, 0) is 31.8 Å². The first-order chi connectivity index (χ1) is 13.3. The van der Waals surface area contributed by atoms with Crippen molar-refractivity contribution in [1.82, 2.24) is 25.1 Å². The lowest BCUT2D eigenvalue weighted by atomic mass is 10.1. The summed E-state index contributed by atoms with van der Waals surface area (Å²) in [6.07, 6.45) is -0.217. The van der Waals surface area contributed by atoms with Crippen LogP contribution >= 0.6 is 0 Å². The molecule has 1 unspecified atom stereocenters. The lowest BCUT2D eigenvalue weighted by molar-refractivity contribution is -0.120. The molecule has 0 spiro atoms. The summed E-state index contributed by atoms with van der Waals surface area (Å²) in [7, 11) is 3.84. The summed E-state index contributed by atoms with van der Waals surface area (Å²) < 4.78 is 14.4. The molecule has 28 heavy (non-hydrogen) atoms. The first kappa shape index (κ1) is 20.0. The van der Waals surface area contributed by atoms with Crippen LogP contribution in [0.5, 0.6) is 5.75 Å². The van der Waals surface area contributed by atoms with Crippen molar-refractivity contribution in [2.24, 2.45) is 0 Å². The molecule has 3 rings (SSSR count). The standard InChI is InChI=1S/C19H24FN5O3/c1-24(2)11-15-18-23-14(17(27)19(28)25(18)8-7-21-15)9-16(26)22-10-12-3-5-13(20)6-4-12/h3-6,15,21,27H,7-11H2,1-2H3,(H,22,26). The van der Waals surface area contributed by atoms with Gasteiger partial charge in [0.05, 0.1) is 18.2 Å². The van der Waals surface area contributed by atoms with Crippen LogP contribution in [0.25, 0.3) is 0 Å². The van der Waals surface area contributed by atoms with E-state index in [1.54, 1.807) is 12.1 Å². The Morgan fingerprint density at radius 3 is 2.79 bits per heavy atom. The van der Waals surface area contributed by atoms with Crippen LogP contribution in [0.3, 0.4) is 0 Å². The molecule has 1 aliphatic heterocycles. The zero-order valence-electron chi connectivity index (χ0n) is 15.9. The molecular formula is C19H24FN5O3. The number of hydrogen-bond donors (Lipinski definition) is 3. The minimum absolute atomic E-state index is 0.0558. The van der Waals surface area contributed by atoms with Crippen molar-refractivity contribution in [2.75, 3.05) is 27.2 Å². The first-order valence-electron chi connectivity index (χ1n) is 9.07. The van der Waals surface area contributed by atoms with Crippen molar-refractivity contribution in [3.8, 4) is 5.75 Å². The van der Waals surface area contributed by atoms with Crippen molar-refractivity contribution in [3.05, 3.63) is 57.5 Å². The van der Waals surface area contributed by atoms with E-state index in [-0.39, 0.29) is 36.4 Å². The van der Waals surface area contributed by atoms with Gasteiger partial charge in [0.2, 0.25) is 11.7 Å². The zero-order chi connectivity index (χ0) is 20.3. The fourth-order valence-corrected chi connectivity index (χ4v) is 3.18. The summed E-state index contributed by atoms with van der Waals surface area (Å²) in [6.45, 7) is 1.86. The van der Waals surface area contributed by atoms with Crippen LogP contribution in [0.1, 0.15) is 23.1 Å². The largest absolute Gasteiger partial charge is 0.502 e. The average Bonchev–Trinajstić information content (AvgIpc) is 2.65.